The Bertz CT molecular complexity index is 2760. The maximum absolute atomic E-state index is 13.2. The molecular weight excluding hydrogens is 913 g/mol. The van der Waals surface area contributed by atoms with Gasteiger partial charge in [-0.25, -0.2) is 0 Å². The van der Waals surface area contributed by atoms with E-state index in [1.165, 1.54) is 72.8 Å². The topological polar surface area (TPSA) is 314 Å². The number of nitrogens with zero attached hydrogens (tertiary/aromatic N) is 6. The van der Waals surface area contributed by atoms with Crippen molar-refractivity contribution in [1.29, 1.82) is 0 Å². The van der Waals surface area contributed by atoms with Crippen LogP contribution in [0.1, 0.15) is 66.8 Å². The Morgan fingerprint density at radius 2 is 0.406 bits per heavy atom. The van der Waals surface area contributed by atoms with Gasteiger partial charge >= 0.3 is 34.1 Å². The molecular formula is C45H30N6O18. The van der Waals surface area contributed by atoms with Crippen molar-refractivity contribution in [2.24, 2.45) is 0 Å². The first-order valence-corrected chi connectivity index (χ1v) is 20.7. The summed E-state index contributed by atoms with van der Waals surface area (Å²) in [6.07, 6.45) is -2.21. The van der Waals surface area contributed by atoms with Crippen LogP contribution in [0, 0.1) is 60.7 Å². The van der Waals surface area contributed by atoms with Gasteiger partial charge in [0.15, 0.2) is 0 Å². The number of hydrogen-bond donors (Lipinski definition) is 0. The minimum Gasteiger partial charge on any atom is -0.450 e. The van der Waals surface area contributed by atoms with Crippen molar-refractivity contribution in [2.75, 3.05) is 20.4 Å². The maximum Gasteiger partial charge on any atom is 0.314 e. The van der Waals surface area contributed by atoms with Crippen molar-refractivity contribution >= 4 is 34.1 Å². The SMILES string of the molecule is O=[N+]([O-])c1c2ccc3c1Cc1ccc4c([N+](=O)[O-])c1Cc1ccc(c([N+](=O)[O-])c1C3)OCOc1ccc3c(c1[N+](=O)[O-])Cc1ccc(c([N+](=O)[O-])c1Cc1ccc(c([N+](=O)[O-])c1C3)OCO4)OCO2. The molecule has 0 aromatic heterocycles. The van der Waals surface area contributed by atoms with Crippen LogP contribution in [0.3, 0.4) is 0 Å². The molecule has 6 aromatic carbocycles. The van der Waals surface area contributed by atoms with Gasteiger partial charge in [0.05, 0.1) is 29.5 Å². The maximum atomic E-state index is 13.2. The lowest BCUT2D eigenvalue weighted by Crippen LogP contribution is -2.13. The molecule has 0 N–H and O–H groups in total. The monoisotopic (exact) mass is 942 g/mol. The van der Waals surface area contributed by atoms with Crippen molar-refractivity contribution < 1.29 is 58.0 Å². The standard InChI is InChI=1S/C45H30N6O18/c52-46(53)40-28-14-23-2-8-37-42(48(56)57)30(23)15-24-3-9-35-41(47(54)55)29(24)13-22(28)1-7-34(40)64-19-65-36-10-4-25-17-32-27(5-11-38(67-20-66-35)44(32)50(60)61)18-33-26(16-31(25)43(36)49(58)59)6-12-39(69-21-68-37)45(33)51(62)63/h1-12H,13-21H2. The number of hydrogen-bond acceptors (Lipinski definition) is 18. The predicted molar refractivity (Wildman–Crippen MR) is 234 cm³/mol. The van der Waals surface area contributed by atoms with Crippen LogP contribution in [0.5, 0.6) is 34.5 Å². The highest BCUT2D eigenvalue weighted by atomic mass is 16.7. The second-order valence-electron chi connectivity index (χ2n) is 16.1. The van der Waals surface area contributed by atoms with Gasteiger partial charge in [0.25, 0.3) is 0 Å². The fourth-order valence-electron chi connectivity index (χ4n) is 9.63. The van der Waals surface area contributed by atoms with Gasteiger partial charge in [-0.15, -0.1) is 0 Å². The Morgan fingerprint density at radius 1 is 0.261 bits per heavy atom. The normalized spacial score (nSPS) is 14.1. The molecule has 24 heteroatoms. The van der Waals surface area contributed by atoms with Gasteiger partial charge in [-0.05, 0) is 69.8 Å². The highest BCUT2D eigenvalue weighted by Crippen LogP contribution is 2.48. The smallest absolute Gasteiger partial charge is 0.314 e. The predicted octanol–water partition coefficient (Wildman–Crippen LogP) is 8.18. The van der Waals surface area contributed by atoms with Gasteiger partial charge < -0.3 is 28.4 Å². The third kappa shape index (κ3) is 7.44. The molecule has 0 saturated carbocycles. The van der Waals surface area contributed by atoms with Crippen molar-refractivity contribution in [2.45, 2.75) is 38.5 Å². The van der Waals surface area contributed by atoms with Crippen LogP contribution in [-0.4, -0.2) is 49.9 Å². The van der Waals surface area contributed by atoms with Crippen molar-refractivity contribution in [3.8, 4) is 34.5 Å². The molecule has 348 valence electrons. The van der Waals surface area contributed by atoms with Gasteiger partial charge in [0.1, 0.15) is 0 Å². The first kappa shape index (κ1) is 43.4. The molecule has 10 heterocycles. The summed E-state index contributed by atoms with van der Waals surface area (Å²) in [4.78, 5) is 74.5. The van der Waals surface area contributed by atoms with E-state index in [-0.39, 0.29) is 140 Å². The molecule has 2 aliphatic carbocycles. The summed E-state index contributed by atoms with van der Waals surface area (Å²) in [5.74, 6) is -2.32. The number of nitro benzene ring substituents is 6. The summed E-state index contributed by atoms with van der Waals surface area (Å²) in [6, 6.07) is 16.0. The van der Waals surface area contributed by atoms with Crippen LogP contribution < -0.4 is 28.4 Å². The molecule has 0 fully saturated rings. The molecule has 0 unspecified atom stereocenters. The van der Waals surface area contributed by atoms with Gasteiger partial charge in [0, 0.05) is 71.9 Å². The fourth-order valence-corrected chi connectivity index (χ4v) is 9.63. The highest BCUT2D eigenvalue weighted by molar-refractivity contribution is 5.69. The Kier molecular flexibility index (Phi) is 10.5. The Morgan fingerprint density at radius 3 is 0.536 bits per heavy atom. The van der Waals surface area contributed by atoms with E-state index in [4.69, 9.17) is 28.4 Å². The molecule has 6 aromatic rings. The van der Waals surface area contributed by atoms with Crippen molar-refractivity contribution in [3.63, 3.8) is 0 Å². The van der Waals surface area contributed by atoms with E-state index in [2.05, 4.69) is 0 Å². The summed E-state index contributed by atoms with van der Waals surface area (Å²) >= 11 is 0. The second-order valence-corrected chi connectivity index (χ2v) is 16.1. The molecule has 12 aliphatic rings. The largest absolute Gasteiger partial charge is 0.450 e. The lowest BCUT2D eigenvalue weighted by molar-refractivity contribution is -0.387. The molecule has 0 spiro atoms. The first-order chi connectivity index (χ1) is 33.2. The van der Waals surface area contributed by atoms with Gasteiger partial charge in [-0.2, -0.15) is 0 Å². The molecule has 0 radical (unpaired) electrons. The highest BCUT2D eigenvalue weighted by Gasteiger charge is 2.38. The molecule has 0 amide bonds. The summed E-state index contributed by atoms with van der Waals surface area (Å²) in [5.41, 5.74) is -3.13. The summed E-state index contributed by atoms with van der Waals surface area (Å²) in [7, 11) is 0. The summed E-state index contributed by atoms with van der Waals surface area (Å²) < 4.78 is 35.3. The average molecular weight is 943 g/mol. The lowest BCUT2D eigenvalue weighted by Gasteiger charge is -2.18. The zero-order chi connectivity index (χ0) is 48.4. The third-order valence-electron chi connectivity index (χ3n) is 12.6. The van der Waals surface area contributed by atoms with E-state index in [0.717, 1.165) is 0 Å². The quantitative estimate of drug-likeness (QED) is 0.112. The van der Waals surface area contributed by atoms with E-state index < -0.39 is 84.0 Å². The number of benzene rings is 6. The second kappa shape index (κ2) is 16.7. The molecule has 18 bridgehead atoms. The van der Waals surface area contributed by atoms with E-state index in [1.54, 1.807) is 0 Å². The molecule has 10 aliphatic heterocycles. The zero-order valence-corrected chi connectivity index (χ0v) is 35.3. The van der Waals surface area contributed by atoms with E-state index in [9.17, 15) is 60.7 Å². The van der Waals surface area contributed by atoms with E-state index in [0.29, 0.717) is 0 Å². The lowest BCUT2D eigenvalue weighted by atomic mass is 9.92. The van der Waals surface area contributed by atoms with Crippen LogP contribution in [-0.2, 0) is 38.5 Å². The minimum atomic E-state index is -0.866. The molecule has 0 atom stereocenters. The van der Waals surface area contributed by atoms with Crippen molar-refractivity contribution in [1.82, 2.24) is 0 Å². The minimum absolute atomic E-state index is 0.0630. The molecule has 24 nitrogen and oxygen atoms in total. The fraction of sp³-hybridized carbons (Fsp3) is 0.200. The van der Waals surface area contributed by atoms with Crippen molar-refractivity contribution in [3.05, 3.63) is 200 Å². The number of nitro groups is 6. The van der Waals surface area contributed by atoms with E-state index >= 15 is 0 Å². The van der Waals surface area contributed by atoms with Crippen LogP contribution in [0.25, 0.3) is 0 Å². The summed E-state index contributed by atoms with van der Waals surface area (Å²) in [5, 5.41) is 79.0. The first-order valence-electron chi connectivity index (χ1n) is 20.7. The summed E-state index contributed by atoms with van der Waals surface area (Å²) in [6.45, 7) is -2.60. The van der Waals surface area contributed by atoms with Crippen LogP contribution in [0.15, 0.2) is 72.8 Å². The van der Waals surface area contributed by atoms with Gasteiger partial charge in [-0.1, -0.05) is 36.4 Å². The van der Waals surface area contributed by atoms with Crippen LogP contribution >= 0.6 is 0 Å². The average Bonchev–Trinajstić information content (AvgIpc) is 3.40. The number of ether oxygens (including phenoxy) is 6. The third-order valence-corrected chi connectivity index (χ3v) is 12.6. The Balaban J connectivity index is 1.33. The molecule has 18 rings (SSSR count). The zero-order valence-electron chi connectivity index (χ0n) is 35.3. The van der Waals surface area contributed by atoms with Gasteiger partial charge in [0.2, 0.25) is 54.9 Å². The van der Waals surface area contributed by atoms with E-state index in [1.807, 2.05) is 0 Å². The van der Waals surface area contributed by atoms with Crippen LogP contribution in [0.4, 0.5) is 34.1 Å². The molecule has 0 saturated heterocycles. The van der Waals surface area contributed by atoms with Gasteiger partial charge in [-0.3, -0.25) is 60.7 Å². The Labute approximate surface area is 385 Å². The number of rotatable bonds is 6. The van der Waals surface area contributed by atoms with Crippen LogP contribution in [0.2, 0.25) is 0 Å². The molecule has 69 heavy (non-hydrogen) atoms. The Hall–Kier alpha value is -9.48.